The number of carbonyl (C=O) groups is 2. The maximum atomic E-state index is 12.3. The number of ether oxygens (including phenoxy) is 2. The van der Waals surface area contributed by atoms with Gasteiger partial charge in [-0.05, 0) is 103 Å². The van der Waals surface area contributed by atoms with Crippen LogP contribution in [0.3, 0.4) is 0 Å². The monoisotopic (exact) mass is 734 g/mol. The first kappa shape index (κ1) is 48.2. The van der Waals surface area contributed by atoms with Crippen LogP contribution >= 0.6 is 7.82 Å². The van der Waals surface area contributed by atoms with Crippen LogP contribution in [-0.4, -0.2) is 52.3 Å². The first-order valence-electron chi connectivity index (χ1n) is 18.9. The summed E-state index contributed by atoms with van der Waals surface area (Å²) in [6.45, 7) is 3.10. The predicted octanol–water partition coefficient (Wildman–Crippen LogP) is 10.3. The number of carbonyl (C=O) groups excluding carboxylic acids is 2. The van der Waals surface area contributed by atoms with Gasteiger partial charge in [0.05, 0.1) is 12.7 Å². The van der Waals surface area contributed by atoms with Gasteiger partial charge in [0.15, 0.2) is 6.10 Å². The van der Waals surface area contributed by atoms with E-state index in [0.29, 0.717) is 19.3 Å². The van der Waals surface area contributed by atoms with Gasteiger partial charge in [0.1, 0.15) is 6.61 Å². The van der Waals surface area contributed by atoms with E-state index in [1.54, 1.807) is 0 Å². The molecule has 0 saturated carbocycles. The quantitative estimate of drug-likeness (QED) is 0.0260. The van der Waals surface area contributed by atoms with Crippen LogP contribution in [0.1, 0.15) is 136 Å². The molecule has 0 aromatic rings. The Balaban J connectivity index is 4.16. The average molecular weight is 735 g/mol. The Labute approximate surface area is 308 Å². The minimum absolute atomic E-state index is 0.140. The fourth-order valence-corrected chi connectivity index (χ4v) is 4.93. The number of aliphatic hydroxyl groups excluding tert-OH is 1. The van der Waals surface area contributed by atoms with Crippen molar-refractivity contribution in [3.63, 3.8) is 0 Å². The first-order valence-corrected chi connectivity index (χ1v) is 20.4. The highest BCUT2D eigenvalue weighted by atomic mass is 31.2. The third-order valence-corrected chi connectivity index (χ3v) is 7.89. The normalized spacial score (nSPS) is 14.1. The third-order valence-electron chi connectivity index (χ3n) is 7.40. The van der Waals surface area contributed by atoms with E-state index < -0.39 is 32.5 Å². The molecule has 0 aliphatic carbocycles. The first-order chi connectivity index (χ1) is 24.6. The van der Waals surface area contributed by atoms with E-state index in [2.05, 4.69) is 84.4 Å². The number of unbranched alkanes of at least 4 members (excludes halogenated alkanes) is 7. The molecule has 0 spiro atoms. The van der Waals surface area contributed by atoms with Crippen LogP contribution in [-0.2, 0) is 28.2 Å². The fourth-order valence-electron chi connectivity index (χ4n) is 4.56. The van der Waals surface area contributed by atoms with Crippen molar-refractivity contribution in [2.24, 2.45) is 0 Å². The van der Waals surface area contributed by atoms with Crippen molar-refractivity contribution in [1.82, 2.24) is 0 Å². The Kier molecular flexibility index (Phi) is 33.6. The lowest BCUT2D eigenvalue weighted by atomic mass is 10.1. The number of esters is 2. The van der Waals surface area contributed by atoms with Crippen molar-refractivity contribution in [1.29, 1.82) is 0 Å². The number of rotatable bonds is 33. The Hall–Kier alpha value is -2.81. The molecule has 290 valence electrons. The van der Waals surface area contributed by atoms with E-state index in [-0.39, 0.29) is 25.6 Å². The second-order valence-corrected chi connectivity index (χ2v) is 13.7. The standard InChI is InChI=1S/C41H67O9P/c1-3-4-5-6-7-8-9-10-12-17-20-23-26-29-32-35-41(44)50-39(37-49-51(45,46)47)36-48-40(43)34-31-28-25-22-19-16-14-11-13-15-18-21-24-27-30-33-38(2)42/h7-8,10,12-16,20-25,38-39,42H,3-6,9,11,17-19,26-37H2,1-2H3,(H2,45,46,47)/b8-7-,12-10-,15-13-,16-14-,23-20-,24-21-,25-22-/t38-,39-/m1/s1. The summed E-state index contributed by atoms with van der Waals surface area (Å²) in [6, 6.07) is 0. The average Bonchev–Trinajstić information content (AvgIpc) is 3.08. The Morgan fingerprint density at radius 3 is 1.49 bits per heavy atom. The molecule has 0 radical (unpaired) electrons. The van der Waals surface area contributed by atoms with Gasteiger partial charge in [-0.1, -0.05) is 105 Å². The maximum Gasteiger partial charge on any atom is 0.469 e. The van der Waals surface area contributed by atoms with E-state index in [9.17, 15) is 19.3 Å². The second kappa shape index (κ2) is 35.6. The van der Waals surface area contributed by atoms with Crippen molar-refractivity contribution in [2.45, 2.75) is 148 Å². The van der Waals surface area contributed by atoms with Crippen molar-refractivity contribution in [3.05, 3.63) is 85.1 Å². The SMILES string of the molecule is CCCCC/C=C\C/C=C\C/C=C\CCCCC(=O)O[C@H](COC(=O)CCC/C=C\C/C=C\C/C=C\C/C=C\CCC[C@@H](C)O)COP(=O)(O)O. The molecule has 0 heterocycles. The summed E-state index contributed by atoms with van der Waals surface area (Å²) in [6.07, 6.45) is 44.4. The Morgan fingerprint density at radius 1 is 0.588 bits per heavy atom. The number of phosphoric acid groups is 1. The molecule has 3 N–H and O–H groups in total. The highest BCUT2D eigenvalue weighted by Gasteiger charge is 2.22. The van der Waals surface area contributed by atoms with Crippen molar-refractivity contribution in [2.75, 3.05) is 13.2 Å². The summed E-state index contributed by atoms with van der Waals surface area (Å²) < 4.78 is 26.2. The van der Waals surface area contributed by atoms with Gasteiger partial charge in [-0.2, -0.15) is 0 Å². The van der Waals surface area contributed by atoms with Gasteiger partial charge < -0.3 is 24.4 Å². The molecule has 0 unspecified atom stereocenters. The van der Waals surface area contributed by atoms with Crippen molar-refractivity contribution < 1.29 is 43.0 Å². The lowest BCUT2D eigenvalue weighted by Gasteiger charge is -2.18. The smallest absolute Gasteiger partial charge is 0.462 e. The molecule has 2 atom stereocenters. The lowest BCUT2D eigenvalue weighted by molar-refractivity contribution is -0.161. The van der Waals surface area contributed by atoms with Crippen LogP contribution in [0.4, 0.5) is 0 Å². The molecule has 0 saturated heterocycles. The number of hydrogen-bond donors (Lipinski definition) is 3. The second-order valence-electron chi connectivity index (χ2n) is 12.5. The number of allylic oxidation sites excluding steroid dienone is 14. The van der Waals surface area contributed by atoms with Crippen molar-refractivity contribution in [3.8, 4) is 0 Å². The highest BCUT2D eigenvalue weighted by Crippen LogP contribution is 2.35. The van der Waals surface area contributed by atoms with Crippen LogP contribution in [0.15, 0.2) is 85.1 Å². The molecule has 0 fully saturated rings. The largest absolute Gasteiger partial charge is 0.469 e. The molecule has 10 heteroatoms. The van der Waals surface area contributed by atoms with Crippen LogP contribution in [0.5, 0.6) is 0 Å². The number of aliphatic hydroxyl groups is 1. The third kappa shape index (κ3) is 39.8. The molecule has 0 rings (SSSR count). The minimum atomic E-state index is -4.79. The molecular formula is C41H67O9P. The summed E-state index contributed by atoms with van der Waals surface area (Å²) in [5.74, 6) is -1.02. The van der Waals surface area contributed by atoms with Gasteiger partial charge in [0, 0.05) is 12.8 Å². The van der Waals surface area contributed by atoms with Crippen LogP contribution < -0.4 is 0 Å². The molecule has 0 bridgehead atoms. The zero-order valence-electron chi connectivity index (χ0n) is 31.3. The molecule has 0 aliphatic heterocycles. The summed E-state index contributed by atoms with van der Waals surface area (Å²) in [7, 11) is -4.79. The Morgan fingerprint density at radius 2 is 1.02 bits per heavy atom. The number of phosphoric ester groups is 1. The van der Waals surface area contributed by atoms with Gasteiger partial charge >= 0.3 is 19.8 Å². The number of hydrogen-bond acceptors (Lipinski definition) is 7. The summed E-state index contributed by atoms with van der Waals surface area (Å²) in [5, 5.41) is 9.24. The molecule has 0 aromatic carbocycles. The van der Waals surface area contributed by atoms with Gasteiger partial charge in [-0.15, -0.1) is 0 Å². The molecule has 0 aliphatic rings. The molecule has 51 heavy (non-hydrogen) atoms. The predicted molar refractivity (Wildman–Crippen MR) is 208 cm³/mol. The maximum absolute atomic E-state index is 12.3. The zero-order valence-corrected chi connectivity index (χ0v) is 32.2. The minimum Gasteiger partial charge on any atom is -0.462 e. The van der Waals surface area contributed by atoms with Gasteiger partial charge in [0.25, 0.3) is 0 Å². The van der Waals surface area contributed by atoms with Gasteiger partial charge in [0.2, 0.25) is 0 Å². The highest BCUT2D eigenvalue weighted by molar-refractivity contribution is 7.46. The van der Waals surface area contributed by atoms with E-state index in [1.807, 2.05) is 19.1 Å². The fraction of sp³-hybridized carbons (Fsp3) is 0.610. The van der Waals surface area contributed by atoms with E-state index in [0.717, 1.165) is 70.6 Å². The zero-order chi connectivity index (χ0) is 37.7. The summed E-state index contributed by atoms with van der Waals surface area (Å²) >= 11 is 0. The lowest BCUT2D eigenvalue weighted by Crippen LogP contribution is -2.29. The Bertz CT molecular complexity index is 1110. The van der Waals surface area contributed by atoms with Crippen molar-refractivity contribution >= 4 is 19.8 Å². The summed E-state index contributed by atoms with van der Waals surface area (Å²) in [5.41, 5.74) is 0. The van der Waals surface area contributed by atoms with Gasteiger partial charge in [-0.3, -0.25) is 14.1 Å². The van der Waals surface area contributed by atoms with Gasteiger partial charge in [-0.25, -0.2) is 4.57 Å². The van der Waals surface area contributed by atoms with Crippen LogP contribution in [0.25, 0.3) is 0 Å². The molecule has 9 nitrogen and oxygen atoms in total. The van der Waals surface area contributed by atoms with E-state index in [1.165, 1.54) is 19.3 Å². The summed E-state index contributed by atoms with van der Waals surface area (Å²) in [4.78, 5) is 42.7. The van der Waals surface area contributed by atoms with Crippen LogP contribution in [0, 0.1) is 0 Å². The van der Waals surface area contributed by atoms with Crippen LogP contribution in [0.2, 0.25) is 0 Å². The molecule has 0 aromatic heterocycles. The topological polar surface area (TPSA) is 140 Å². The molecule has 0 amide bonds. The van der Waals surface area contributed by atoms with E-state index in [4.69, 9.17) is 19.3 Å². The molecular weight excluding hydrogens is 667 g/mol. The van der Waals surface area contributed by atoms with E-state index >= 15 is 0 Å².